The van der Waals surface area contributed by atoms with E-state index in [1.165, 1.54) is 11.3 Å². The minimum Gasteiger partial charge on any atom is -0.396 e. The summed E-state index contributed by atoms with van der Waals surface area (Å²) in [6.07, 6.45) is 4.18. The van der Waals surface area contributed by atoms with Gasteiger partial charge in [0.25, 0.3) is 0 Å². The van der Waals surface area contributed by atoms with Gasteiger partial charge in [-0.2, -0.15) is 0 Å². The van der Waals surface area contributed by atoms with E-state index in [0.29, 0.717) is 12.6 Å². The van der Waals surface area contributed by atoms with E-state index in [4.69, 9.17) is 5.11 Å². The smallest absolute Gasteiger partial charge is 0.186 e. The third kappa shape index (κ3) is 3.40. The number of hydrogen-bond donors (Lipinski definition) is 1. The fourth-order valence-electron chi connectivity index (χ4n) is 2.60. The summed E-state index contributed by atoms with van der Waals surface area (Å²) in [4.78, 5) is 16.5. The third-order valence-corrected chi connectivity index (χ3v) is 4.60. The highest BCUT2D eigenvalue weighted by molar-refractivity contribution is 7.14. The van der Waals surface area contributed by atoms with Gasteiger partial charge >= 0.3 is 0 Å². The molecule has 0 saturated carbocycles. The summed E-state index contributed by atoms with van der Waals surface area (Å²) in [7, 11) is 0. The molecule has 1 atom stereocenters. The summed E-state index contributed by atoms with van der Waals surface area (Å²) in [5.74, 6) is 0.240. The maximum Gasteiger partial charge on any atom is 0.186 e. The van der Waals surface area contributed by atoms with Gasteiger partial charge in [-0.3, -0.25) is 9.69 Å². The van der Waals surface area contributed by atoms with Crippen LogP contribution in [-0.4, -0.2) is 41.5 Å². The number of Topliss-reactive ketones (excluding diaryl/α,β-unsaturated/α-hetero) is 1. The molecule has 1 N–H and O–H groups in total. The van der Waals surface area contributed by atoms with Gasteiger partial charge < -0.3 is 5.11 Å². The second-order valence-corrected chi connectivity index (χ2v) is 6.25. The summed E-state index contributed by atoms with van der Waals surface area (Å²) in [5.41, 5.74) is 0. The predicted octanol–water partition coefficient (Wildman–Crippen LogP) is 2.48. The number of hydrogen-bond acceptors (Lipinski definition) is 4. The van der Waals surface area contributed by atoms with Gasteiger partial charge in [-0.1, -0.05) is 0 Å². The molecule has 3 nitrogen and oxygen atoms in total. The quantitative estimate of drug-likeness (QED) is 0.805. The van der Waals surface area contributed by atoms with Crippen molar-refractivity contribution < 1.29 is 9.90 Å². The molecule has 0 aliphatic carbocycles. The minimum atomic E-state index is 0.240. The number of ketones is 1. The normalized spacial score (nSPS) is 20.4. The highest BCUT2D eigenvalue weighted by Crippen LogP contribution is 2.23. The fraction of sp³-hybridized carbons (Fsp3) is 0.643. The lowest BCUT2D eigenvalue weighted by Gasteiger charge is -2.23. The molecule has 1 aromatic rings. The highest BCUT2D eigenvalue weighted by Gasteiger charge is 2.26. The molecule has 0 aromatic carbocycles. The predicted molar refractivity (Wildman–Crippen MR) is 74.3 cm³/mol. The van der Waals surface area contributed by atoms with Crippen molar-refractivity contribution in [3.8, 4) is 0 Å². The Balaban J connectivity index is 1.90. The number of thiophene rings is 1. The molecule has 1 aliphatic heterocycles. The van der Waals surface area contributed by atoms with Crippen molar-refractivity contribution in [3.05, 3.63) is 21.9 Å². The van der Waals surface area contributed by atoms with Gasteiger partial charge in [0.05, 0.1) is 11.4 Å². The molecular weight excluding hydrogens is 246 g/mol. The molecule has 0 bridgehead atoms. The molecule has 100 valence electrons. The Morgan fingerprint density at radius 3 is 3.06 bits per heavy atom. The number of aliphatic hydroxyl groups excluding tert-OH is 1. The van der Waals surface area contributed by atoms with Gasteiger partial charge in [0.1, 0.15) is 0 Å². The molecule has 2 rings (SSSR count). The zero-order valence-corrected chi connectivity index (χ0v) is 11.7. The first kappa shape index (κ1) is 13.7. The average Bonchev–Trinajstić information content (AvgIpc) is 2.96. The maximum atomic E-state index is 12.2. The molecular formula is C14H21NO2S. The molecule has 1 aromatic heterocycles. The number of aliphatic hydroxyl groups is 1. The van der Waals surface area contributed by atoms with Crippen molar-refractivity contribution in [2.24, 2.45) is 0 Å². The molecule has 18 heavy (non-hydrogen) atoms. The summed E-state index contributed by atoms with van der Waals surface area (Å²) in [5, 5.41) is 8.89. The monoisotopic (exact) mass is 267 g/mol. The van der Waals surface area contributed by atoms with E-state index in [9.17, 15) is 4.79 Å². The largest absolute Gasteiger partial charge is 0.396 e. The van der Waals surface area contributed by atoms with E-state index in [1.54, 1.807) is 11.3 Å². The van der Waals surface area contributed by atoms with Crippen LogP contribution in [0.1, 0.15) is 40.2 Å². The maximum absolute atomic E-state index is 12.2. The van der Waals surface area contributed by atoms with E-state index in [0.717, 1.165) is 30.7 Å². The Kier molecular flexibility index (Phi) is 4.92. The van der Waals surface area contributed by atoms with E-state index in [2.05, 4.69) is 4.90 Å². The second kappa shape index (κ2) is 6.45. The first-order valence-corrected chi connectivity index (χ1v) is 7.47. The Morgan fingerprint density at radius 2 is 2.39 bits per heavy atom. The second-order valence-electron chi connectivity index (χ2n) is 4.97. The third-order valence-electron chi connectivity index (χ3n) is 3.56. The van der Waals surface area contributed by atoms with E-state index in [1.807, 2.05) is 19.1 Å². The van der Waals surface area contributed by atoms with Crippen LogP contribution >= 0.6 is 11.3 Å². The van der Waals surface area contributed by atoms with E-state index >= 15 is 0 Å². The molecule has 1 saturated heterocycles. The average molecular weight is 267 g/mol. The van der Waals surface area contributed by atoms with Crippen LogP contribution in [0.25, 0.3) is 0 Å². The molecule has 0 radical (unpaired) electrons. The summed E-state index contributed by atoms with van der Waals surface area (Å²) < 4.78 is 0. The van der Waals surface area contributed by atoms with Gasteiger partial charge in [0.2, 0.25) is 0 Å². The molecule has 4 heteroatoms. The first-order chi connectivity index (χ1) is 8.70. The van der Waals surface area contributed by atoms with Crippen LogP contribution in [-0.2, 0) is 0 Å². The zero-order chi connectivity index (χ0) is 13.0. The van der Waals surface area contributed by atoms with Crippen LogP contribution in [0.3, 0.4) is 0 Å². The van der Waals surface area contributed by atoms with Crippen molar-refractivity contribution in [1.29, 1.82) is 0 Å². The molecule has 2 heterocycles. The molecule has 0 spiro atoms. The summed E-state index contributed by atoms with van der Waals surface area (Å²) >= 11 is 1.58. The van der Waals surface area contributed by atoms with Crippen molar-refractivity contribution in [2.75, 3.05) is 19.7 Å². The molecule has 1 fully saturated rings. The van der Waals surface area contributed by atoms with Crippen LogP contribution in [0.15, 0.2) is 12.1 Å². The van der Waals surface area contributed by atoms with Crippen molar-refractivity contribution in [1.82, 2.24) is 4.90 Å². The van der Waals surface area contributed by atoms with Crippen molar-refractivity contribution >= 4 is 17.1 Å². The zero-order valence-electron chi connectivity index (χ0n) is 10.9. The standard InChI is InChI=1S/C14H21NO2S/c1-11-6-7-14(18-11)13(17)10-15-8-2-4-12(15)5-3-9-16/h6-7,12,16H,2-5,8-10H2,1H3. The number of carbonyl (C=O) groups excluding carboxylic acids is 1. The lowest BCUT2D eigenvalue weighted by molar-refractivity contribution is 0.0920. The van der Waals surface area contributed by atoms with Crippen molar-refractivity contribution in [2.45, 2.75) is 38.6 Å². The first-order valence-electron chi connectivity index (χ1n) is 6.65. The molecule has 0 amide bonds. The Labute approximate surface area is 112 Å². The lowest BCUT2D eigenvalue weighted by Crippen LogP contribution is -2.34. The van der Waals surface area contributed by atoms with Gasteiger partial charge in [-0.15, -0.1) is 11.3 Å². The van der Waals surface area contributed by atoms with Crippen LogP contribution in [0.5, 0.6) is 0 Å². The fourth-order valence-corrected chi connectivity index (χ4v) is 3.40. The van der Waals surface area contributed by atoms with Crippen molar-refractivity contribution in [3.63, 3.8) is 0 Å². The Morgan fingerprint density at radius 1 is 1.56 bits per heavy atom. The van der Waals surface area contributed by atoms with Gasteiger partial charge in [-0.25, -0.2) is 0 Å². The highest BCUT2D eigenvalue weighted by atomic mass is 32.1. The SMILES string of the molecule is Cc1ccc(C(=O)CN2CCCC2CCCO)s1. The van der Waals surface area contributed by atoms with Gasteiger partial charge in [0, 0.05) is 17.5 Å². The molecule has 1 aliphatic rings. The van der Waals surface area contributed by atoms with Crippen LogP contribution in [0, 0.1) is 6.92 Å². The van der Waals surface area contributed by atoms with Crippen LogP contribution < -0.4 is 0 Å². The van der Waals surface area contributed by atoms with Crippen LogP contribution in [0.2, 0.25) is 0 Å². The van der Waals surface area contributed by atoms with Gasteiger partial charge in [-0.05, 0) is 51.3 Å². The van der Waals surface area contributed by atoms with Gasteiger partial charge in [0.15, 0.2) is 5.78 Å². The lowest BCUT2D eigenvalue weighted by atomic mass is 10.1. The summed E-state index contributed by atoms with van der Waals surface area (Å²) in [6, 6.07) is 4.42. The number of likely N-dealkylation sites (tertiary alicyclic amines) is 1. The Hall–Kier alpha value is -0.710. The number of aryl methyl sites for hydroxylation is 1. The number of carbonyl (C=O) groups is 1. The van der Waals surface area contributed by atoms with E-state index in [-0.39, 0.29) is 12.4 Å². The summed E-state index contributed by atoms with van der Waals surface area (Å²) in [6.45, 7) is 3.84. The topological polar surface area (TPSA) is 40.5 Å². The number of nitrogens with zero attached hydrogens (tertiary/aromatic N) is 1. The Bertz CT molecular complexity index is 402. The molecule has 1 unspecified atom stereocenters. The van der Waals surface area contributed by atoms with Crippen LogP contribution in [0.4, 0.5) is 0 Å². The van der Waals surface area contributed by atoms with E-state index < -0.39 is 0 Å². The number of rotatable bonds is 6. The minimum absolute atomic E-state index is 0.240.